The van der Waals surface area contributed by atoms with Crippen molar-refractivity contribution >= 4 is 17.6 Å². The molecule has 0 spiro atoms. The molecule has 1 saturated heterocycles. The molecule has 4 bridgehead atoms. The fraction of sp³-hybridized carbons (Fsp3) is 0.636. The van der Waals surface area contributed by atoms with Crippen molar-refractivity contribution in [2.75, 3.05) is 11.4 Å². The molecule has 3 N–H and O–H groups in total. The van der Waals surface area contributed by atoms with Crippen LogP contribution in [0.5, 0.6) is 0 Å². The number of aliphatic hydroxyl groups is 1. The lowest BCUT2D eigenvalue weighted by Crippen LogP contribution is -2.67. The van der Waals surface area contributed by atoms with Crippen molar-refractivity contribution < 1.29 is 19.1 Å². The Morgan fingerprint density at radius 3 is 2.59 bits per heavy atom. The van der Waals surface area contributed by atoms with Gasteiger partial charge in [-0.2, -0.15) is 0 Å². The number of halogens is 1. The number of piperidine rings is 1. The van der Waals surface area contributed by atoms with Gasteiger partial charge in [-0.1, -0.05) is 12.1 Å². The molecule has 0 aromatic heterocycles. The highest BCUT2D eigenvalue weighted by Crippen LogP contribution is 2.57. The summed E-state index contributed by atoms with van der Waals surface area (Å²) in [7, 11) is 0. The quantitative estimate of drug-likeness (QED) is 0.728. The molecule has 4 aliphatic carbocycles. The normalized spacial score (nSPS) is 38.2. The smallest absolute Gasteiger partial charge is 0.315 e. The van der Waals surface area contributed by atoms with E-state index in [0.29, 0.717) is 37.6 Å². The highest BCUT2D eigenvalue weighted by molar-refractivity contribution is 5.99. The number of para-hydroxylation sites is 1. The molecular formula is C22H28FN3O3. The number of hydrogen-bond donors (Lipinski definition) is 3. The van der Waals surface area contributed by atoms with E-state index in [9.17, 15) is 19.1 Å². The standard InChI is InChI=1S/C22H28FN3O3/c23-16-4-1-2-6-18(16)26-7-3-5-17(19(26)27)24-20(28)25-21-9-14-8-15(10-21)12-22(29,11-14)13-21/h1-2,4,6,14-15,17,29H,3,5,7-13H2,(H2,24,25,28). The predicted octanol–water partition coefficient (Wildman–Crippen LogP) is 2.70. The Hall–Kier alpha value is -2.15. The number of nitrogens with one attached hydrogen (secondary N) is 2. The van der Waals surface area contributed by atoms with Gasteiger partial charge in [-0.3, -0.25) is 4.79 Å². The van der Waals surface area contributed by atoms with E-state index < -0.39 is 17.5 Å². The number of anilines is 1. The largest absolute Gasteiger partial charge is 0.390 e. The van der Waals surface area contributed by atoms with Crippen LogP contribution in [0, 0.1) is 17.7 Å². The molecule has 1 aromatic carbocycles. The van der Waals surface area contributed by atoms with Crippen LogP contribution in [-0.2, 0) is 4.79 Å². The lowest BCUT2D eigenvalue weighted by molar-refractivity contribution is -0.139. The minimum absolute atomic E-state index is 0.257. The van der Waals surface area contributed by atoms with Crippen molar-refractivity contribution in [2.24, 2.45) is 11.8 Å². The number of benzene rings is 1. The average Bonchev–Trinajstić information content (AvgIpc) is 2.61. The molecule has 156 valence electrons. The van der Waals surface area contributed by atoms with E-state index >= 15 is 0 Å². The summed E-state index contributed by atoms with van der Waals surface area (Å²) in [6, 6.07) is 5.20. The molecular weight excluding hydrogens is 373 g/mol. The van der Waals surface area contributed by atoms with Gasteiger partial charge in [0.15, 0.2) is 0 Å². The van der Waals surface area contributed by atoms with Crippen molar-refractivity contribution in [3.05, 3.63) is 30.1 Å². The minimum Gasteiger partial charge on any atom is -0.390 e. The van der Waals surface area contributed by atoms with Gasteiger partial charge >= 0.3 is 6.03 Å². The third-order valence-corrected chi connectivity index (χ3v) is 7.30. The maximum absolute atomic E-state index is 14.1. The number of rotatable bonds is 3. The van der Waals surface area contributed by atoms with Gasteiger partial charge in [0.25, 0.3) is 0 Å². The molecule has 6 rings (SSSR count). The Labute approximate surface area is 169 Å². The lowest BCUT2D eigenvalue weighted by atomic mass is 9.51. The van der Waals surface area contributed by atoms with Gasteiger partial charge < -0.3 is 20.6 Å². The summed E-state index contributed by atoms with van der Waals surface area (Å²) in [5.41, 5.74) is -0.765. The highest BCUT2D eigenvalue weighted by atomic mass is 19.1. The third-order valence-electron chi connectivity index (χ3n) is 7.30. The number of hydrogen-bond acceptors (Lipinski definition) is 3. The SMILES string of the molecule is O=C(NC1CCCN(c2ccccc2F)C1=O)NC12CC3CC(CC(O)(C3)C1)C2. The molecule has 6 nitrogen and oxygen atoms in total. The van der Waals surface area contributed by atoms with E-state index in [4.69, 9.17) is 0 Å². The topological polar surface area (TPSA) is 81.7 Å². The number of carbonyl (C=O) groups excluding carboxylic acids is 2. The molecule has 1 aromatic rings. The summed E-state index contributed by atoms with van der Waals surface area (Å²) in [6.45, 7) is 0.444. The summed E-state index contributed by atoms with van der Waals surface area (Å²) in [4.78, 5) is 27.1. The van der Waals surface area contributed by atoms with Gasteiger partial charge in [-0.25, -0.2) is 9.18 Å². The molecule has 3 amide bonds. The van der Waals surface area contributed by atoms with Gasteiger partial charge in [-0.05, 0) is 75.3 Å². The van der Waals surface area contributed by atoms with Crippen LogP contribution in [-0.4, -0.2) is 40.8 Å². The van der Waals surface area contributed by atoms with Crippen molar-refractivity contribution in [2.45, 2.75) is 68.5 Å². The Bertz CT molecular complexity index is 830. The van der Waals surface area contributed by atoms with Crippen LogP contribution in [0.25, 0.3) is 0 Å². The molecule has 1 aliphatic heterocycles. The summed E-state index contributed by atoms with van der Waals surface area (Å²) < 4.78 is 14.1. The second kappa shape index (κ2) is 6.69. The van der Waals surface area contributed by atoms with Crippen molar-refractivity contribution in [1.82, 2.24) is 10.6 Å². The summed E-state index contributed by atoms with van der Waals surface area (Å²) in [5, 5.41) is 16.8. The molecule has 7 heteroatoms. The second-order valence-corrected chi connectivity index (χ2v) is 9.70. The average molecular weight is 401 g/mol. The van der Waals surface area contributed by atoms with Crippen LogP contribution >= 0.6 is 0 Å². The van der Waals surface area contributed by atoms with Crippen molar-refractivity contribution in [3.63, 3.8) is 0 Å². The Morgan fingerprint density at radius 2 is 1.90 bits per heavy atom. The second-order valence-electron chi connectivity index (χ2n) is 9.70. The van der Waals surface area contributed by atoms with E-state index in [2.05, 4.69) is 10.6 Å². The maximum Gasteiger partial charge on any atom is 0.315 e. The van der Waals surface area contributed by atoms with Crippen LogP contribution in [0.3, 0.4) is 0 Å². The van der Waals surface area contributed by atoms with Crippen molar-refractivity contribution in [3.8, 4) is 0 Å². The molecule has 29 heavy (non-hydrogen) atoms. The van der Waals surface area contributed by atoms with Crippen LogP contribution in [0.15, 0.2) is 24.3 Å². The van der Waals surface area contributed by atoms with E-state index in [1.807, 2.05) is 0 Å². The van der Waals surface area contributed by atoms with E-state index in [1.165, 1.54) is 11.0 Å². The zero-order chi connectivity index (χ0) is 20.2. The van der Waals surface area contributed by atoms with E-state index in [0.717, 1.165) is 32.1 Å². The summed E-state index contributed by atoms with van der Waals surface area (Å²) in [6.07, 6.45) is 6.46. The summed E-state index contributed by atoms with van der Waals surface area (Å²) >= 11 is 0. The molecule has 3 unspecified atom stereocenters. The first-order chi connectivity index (χ1) is 13.8. The lowest BCUT2D eigenvalue weighted by Gasteiger charge is -2.60. The Balaban J connectivity index is 1.26. The van der Waals surface area contributed by atoms with E-state index in [1.54, 1.807) is 18.2 Å². The van der Waals surface area contributed by atoms with E-state index in [-0.39, 0.29) is 23.2 Å². The van der Waals surface area contributed by atoms with Gasteiger partial charge in [0.2, 0.25) is 5.91 Å². The van der Waals surface area contributed by atoms with Gasteiger partial charge in [-0.15, -0.1) is 0 Å². The first-order valence-corrected chi connectivity index (χ1v) is 10.7. The number of carbonyl (C=O) groups is 2. The molecule has 5 fully saturated rings. The molecule has 5 aliphatic rings. The fourth-order valence-corrected chi connectivity index (χ4v) is 6.71. The molecule has 0 radical (unpaired) electrons. The predicted molar refractivity (Wildman–Crippen MR) is 106 cm³/mol. The zero-order valence-electron chi connectivity index (χ0n) is 16.5. The molecule has 3 atom stereocenters. The van der Waals surface area contributed by atoms with Crippen LogP contribution in [0.2, 0.25) is 0 Å². The van der Waals surface area contributed by atoms with Crippen LogP contribution < -0.4 is 15.5 Å². The number of urea groups is 1. The monoisotopic (exact) mass is 401 g/mol. The first-order valence-electron chi connectivity index (χ1n) is 10.7. The first kappa shape index (κ1) is 18.9. The van der Waals surface area contributed by atoms with Crippen LogP contribution in [0.4, 0.5) is 14.9 Å². The molecule has 1 heterocycles. The number of amides is 3. The highest BCUT2D eigenvalue weighted by Gasteiger charge is 2.57. The van der Waals surface area contributed by atoms with Gasteiger partial charge in [0, 0.05) is 12.1 Å². The Morgan fingerprint density at radius 1 is 1.17 bits per heavy atom. The summed E-state index contributed by atoms with van der Waals surface area (Å²) in [5.74, 6) is 0.220. The van der Waals surface area contributed by atoms with Crippen LogP contribution in [0.1, 0.15) is 51.4 Å². The third kappa shape index (κ3) is 3.39. The Kier molecular flexibility index (Phi) is 4.35. The molecule has 4 saturated carbocycles. The van der Waals surface area contributed by atoms with Crippen molar-refractivity contribution in [1.29, 1.82) is 0 Å². The minimum atomic E-state index is -0.666. The van der Waals surface area contributed by atoms with Gasteiger partial charge in [0.1, 0.15) is 11.9 Å². The zero-order valence-corrected chi connectivity index (χ0v) is 16.5. The number of nitrogens with zero attached hydrogens (tertiary/aromatic N) is 1. The maximum atomic E-state index is 14.1. The fourth-order valence-electron chi connectivity index (χ4n) is 6.71. The van der Waals surface area contributed by atoms with Gasteiger partial charge in [0.05, 0.1) is 11.3 Å².